The van der Waals surface area contributed by atoms with Crippen molar-refractivity contribution in [2.24, 2.45) is 0 Å². The fraction of sp³-hybridized carbons (Fsp3) is 0.538. The summed E-state index contributed by atoms with van der Waals surface area (Å²) in [4.78, 5) is 0. The van der Waals surface area contributed by atoms with E-state index in [9.17, 15) is 15.3 Å². The summed E-state index contributed by atoms with van der Waals surface area (Å²) in [5, 5.41) is 32.1. The molecule has 4 heteroatoms. The van der Waals surface area contributed by atoms with E-state index in [4.69, 9.17) is 0 Å². The third kappa shape index (κ3) is 3.61. The van der Waals surface area contributed by atoms with Crippen molar-refractivity contribution < 1.29 is 15.3 Å². The highest BCUT2D eigenvalue weighted by atomic mass is 16.3. The molecule has 0 aliphatic heterocycles. The van der Waals surface area contributed by atoms with Gasteiger partial charge in [-0.15, -0.1) is 0 Å². The molecule has 96 valence electrons. The lowest BCUT2D eigenvalue weighted by molar-refractivity contribution is 0.121. The minimum atomic E-state index is -0.700. The van der Waals surface area contributed by atoms with Crippen LogP contribution >= 0.6 is 0 Å². The van der Waals surface area contributed by atoms with Gasteiger partial charge in [-0.05, 0) is 24.1 Å². The number of nitrogens with one attached hydrogen (secondary N) is 1. The largest absolute Gasteiger partial charge is 0.504 e. The molecule has 1 unspecified atom stereocenters. The maximum atomic E-state index is 10.2. The van der Waals surface area contributed by atoms with Crippen molar-refractivity contribution in [3.8, 4) is 11.5 Å². The number of phenolic OH excluding ortho intramolecular Hbond substituents is 2. The normalized spacial score (nSPS) is 14.9. The monoisotopic (exact) mass is 239 g/mol. The van der Waals surface area contributed by atoms with Crippen LogP contribution in [0.25, 0.3) is 0 Å². The van der Waals surface area contributed by atoms with Crippen LogP contribution in [0.1, 0.15) is 38.9 Å². The SMILES string of the molecule is CCC(NC(C)C)[C@H](O)c1ccc(O)c(O)c1. The summed E-state index contributed by atoms with van der Waals surface area (Å²) < 4.78 is 0. The second kappa shape index (κ2) is 5.89. The molecule has 1 rings (SSSR count). The number of aliphatic hydroxyl groups is 1. The minimum absolute atomic E-state index is 0.0704. The Morgan fingerprint density at radius 2 is 1.82 bits per heavy atom. The van der Waals surface area contributed by atoms with Crippen molar-refractivity contribution >= 4 is 0 Å². The second-order valence-electron chi connectivity index (χ2n) is 4.53. The number of hydrogen-bond donors (Lipinski definition) is 4. The Bertz CT molecular complexity index is 366. The van der Waals surface area contributed by atoms with Gasteiger partial charge >= 0.3 is 0 Å². The molecular weight excluding hydrogens is 218 g/mol. The lowest BCUT2D eigenvalue weighted by Gasteiger charge is -2.25. The number of aromatic hydroxyl groups is 2. The van der Waals surface area contributed by atoms with Crippen molar-refractivity contribution in [3.63, 3.8) is 0 Å². The zero-order valence-corrected chi connectivity index (χ0v) is 10.5. The Hall–Kier alpha value is -1.26. The summed E-state index contributed by atoms with van der Waals surface area (Å²) in [6.45, 7) is 6.02. The average molecular weight is 239 g/mol. The van der Waals surface area contributed by atoms with Crippen LogP contribution in [0.15, 0.2) is 18.2 Å². The third-order valence-corrected chi connectivity index (χ3v) is 2.71. The molecule has 17 heavy (non-hydrogen) atoms. The van der Waals surface area contributed by atoms with Gasteiger partial charge in [-0.1, -0.05) is 26.8 Å². The van der Waals surface area contributed by atoms with Crippen molar-refractivity contribution in [1.29, 1.82) is 0 Å². The summed E-state index contributed by atoms with van der Waals surface area (Å²) in [5.41, 5.74) is 0.598. The molecule has 2 atom stereocenters. The van der Waals surface area contributed by atoms with Gasteiger partial charge in [0.25, 0.3) is 0 Å². The van der Waals surface area contributed by atoms with Crippen molar-refractivity contribution in [2.75, 3.05) is 0 Å². The van der Waals surface area contributed by atoms with Crippen LogP contribution in [0.3, 0.4) is 0 Å². The van der Waals surface area contributed by atoms with Crippen LogP contribution in [0.2, 0.25) is 0 Å². The first kappa shape index (κ1) is 13.8. The highest BCUT2D eigenvalue weighted by Crippen LogP contribution is 2.29. The number of benzene rings is 1. The average Bonchev–Trinajstić information content (AvgIpc) is 2.28. The molecule has 0 saturated heterocycles. The number of phenols is 2. The molecule has 0 fully saturated rings. The first-order valence-electron chi connectivity index (χ1n) is 5.91. The fourth-order valence-corrected chi connectivity index (χ4v) is 1.82. The van der Waals surface area contributed by atoms with E-state index in [2.05, 4.69) is 5.32 Å². The third-order valence-electron chi connectivity index (χ3n) is 2.71. The van der Waals surface area contributed by atoms with Crippen LogP contribution < -0.4 is 5.32 Å². The van der Waals surface area contributed by atoms with Gasteiger partial charge in [0.1, 0.15) is 0 Å². The molecule has 0 aliphatic rings. The molecule has 0 spiro atoms. The molecule has 1 aromatic rings. The molecule has 0 radical (unpaired) electrons. The van der Waals surface area contributed by atoms with E-state index in [-0.39, 0.29) is 23.6 Å². The Morgan fingerprint density at radius 3 is 2.29 bits per heavy atom. The van der Waals surface area contributed by atoms with Gasteiger partial charge in [0, 0.05) is 12.1 Å². The highest BCUT2D eigenvalue weighted by Gasteiger charge is 2.20. The smallest absolute Gasteiger partial charge is 0.157 e. The van der Waals surface area contributed by atoms with Crippen LogP contribution in [-0.4, -0.2) is 27.4 Å². The van der Waals surface area contributed by atoms with Crippen LogP contribution in [0.4, 0.5) is 0 Å². The maximum Gasteiger partial charge on any atom is 0.157 e. The second-order valence-corrected chi connectivity index (χ2v) is 4.53. The van der Waals surface area contributed by atoms with Crippen molar-refractivity contribution in [3.05, 3.63) is 23.8 Å². The van der Waals surface area contributed by atoms with E-state index in [0.717, 1.165) is 6.42 Å². The van der Waals surface area contributed by atoms with E-state index in [0.29, 0.717) is 5.56 Å². The van der Waals surface area contributed by atoms with Crippen LogP contribution in [-0.2, 0) is 0 Å². The van der Waals surface area contributed by atoms with Gasteiger partial charge in [0.2, 0.25) is 0 Å². The molecule has 0 aromatic heterocycles. The predicted molar refractivity (Wildman–Crippen MR) is 67.1 cm³/mol. The lowest BCUT2D eigenvalue weighted by Crippen LogP contribution is -2.38. The highest BCUT2D eigenvalue weighted by molar-refractivity contribution is 5.41. The van der Waals surface area contributed by atoms with Gasteiger partial charge in [-0.2, -0.15) is 0 Å². The predicted octanol–water partition coefficient (Wildman–Crippen LogP) is 1.91. The first-order valence-corrected chi connectivity index (χ1v) is 5.91. The summed E-state index contributed by atoms with van der Waals surface area (Å²) in [6, 6.07) is 4.60. The fourth-order valence-electron chi connectivity index (χ4n) is 1.82. The molecule has 4 N–H and O–H groups in total. The van der Waals surface area contributed by atoms with E-state index in [1.165, 1.54) is 12.1 Å². The van der Waals surface area contributed by atoms with Gasteiger partial charge in [-0.25, -0.2) is 0 Å². The van der Waals surface area contributed by atoms with Gasteiger partial charge in [0.15, 0.2) is 11.5 Å². The Morgan fingerprint density at radius 1 is 1.18 bits per heavy atom. The Kier molecular flexibility index (Phi) is 4.78. The topological polar surface area (TPSA) is 72.7 Å². The molecule has 0 saturated carbocycles. The molecular formula is C13H21NO3. The molecule has 0 heterocycles. The van der Waals surface area contributed by atoms with Gasteiger partial charge < -0.3 is 20.6 Å². The van der Waals surface area contributed by atoms with Gasteiger partial charge in [0.05, 0.1) is 6.10 Å². The maximum absolute atomic E-state index is 10.2. The summed E-state index contributed by atoms with van der Waals surface area (Å²) in [6.07, 6.45) is 0.0787. The van der Waals surface area contributed by atoms with E-state index < -0.39 is 6.10 Å². The summed E-state index contributed by atoms with van der Waals surface area (Å²) >= 11 is 0. The minimum Gasteiger partial charge on any atom is -0.504 e. The molecule has 0 amide bonds. The van der Waals surface area contributed by atoms with Crippen LogP contribution in [0.5, 0.6) is 11.5 Å². The molecule has 0 bridgehead atoms. The van der Waals surface area contributed by atoms with Crippen molar-refractivity contribution in [1.82, 2.24) is 5.32 Å². The molecule has 0 aliphatic carbocycles. The van der Waals surface area contributed by atoms with Crippen molar-refractivity contribution in [2.45, 2.75) is 45.4 Å². The zero-order chi connectivity index (χ0) is 13.0. The number of hydrogen-bond acceptors (Lipinski definition) is 4. The quantitative estimate of drug-likeness (QED) is 0.592. The number of aliphatic hydroxyl groups excluding tert-OH is 1. The van der Waals surface area contributed by atoms with E-state index in [1.54, 1.807) is 6.07 Å². The first-order chi connectivity index (χ1) is 7.95. The lowest BCUT2D eigenvalue weighted by atomic mass is 9.99. The van der Waals surface area contributed by atoms with Gasteiger partial charge in [-0.3, -0.25) is 0 Å². The molecule has 4 nitrogen and oxygen atoms in total. The summed E-state index contributed by atoms with van der Waals surface area (Å²) in [5.74, 6) is -0.383. The Balaban J connectivity index is 2.85. The van der Waals surface area contributed by atoms with Crippen LogP contribution in [0, 0.1) is 0 Å². The zero-order valence-electron chi connectivity index (χ0n) is 10.5. The Labute approximate surface area is 102 Å². The number of rotatable bonds is 5. The van der Waals surface area contributed by atoms with E-state index in [1.807, 2.05) is 20.8 Å². The van der Waals surface area contributed by atoms with E-state index >= 15 is 0 Å². The molecule has 1 aromatic carbocycles. The standard InChI is InChI=1S/C13H21NO3/c1-4-10(14-8(2)3)13(17)9-5-6-11(15)12(16)7-9/h5-8,10,13-17H,4H2,1-3H3/t10?,13-/m1/s1. The summed E-state index contributed by atoms with van der Waals surface area (Å²) in [7, 11) is 0.